The van der Waals surface area contributed by atoms with Gasteiger partial charge in [-0.25, -0.2) is 4.98 Å². The Morgan fingerprint density at radius 1 is 1.33 bits per heavy atom. The minimum atomic E-state index is 0.112. The number of aromatic nitrogens is 2. The summed E-state index contributed by atoms with van der Waals surface area (Å²) < 4.78 is 2.16. The number of hydrogen-bond donors (Lipinski definition) is 0. The average molecular weight is 242 g/mol. The molecule has 94 valence electrons. The highest BCUT2D eigenvalue weighted by atomic mass is 16.1. The summed E-state index contributed by atoms with van der Waals surface area (Å²) in [7, 11) is 2.06. The van der Waals surface area contributed by atoms with Gasteiger partial charge in [-0.15, -0.1) is 0 Å². The minimum Gasteiger partial charge on any atom is -0.331 e. The van der Waals surface area contributed by atoms with Crippen LogP contribution in [0.1, 0.15) is 54.7 Å². The molecular weight excluding hydrogens is 224 g/mol. The molecule has 1 aliphatic rings. The van der Waals surface area contributed by atoms with Crippen molar-refractivity contribution < 1.29 is 4.79 Å². The van der Waals surface area contributed by atoms with Gasteiger partial charge in [0.25, 0.3) is 0 Å². The van der Waals surface area contributed by atoms with Gasteiger partial charge in [0, 0.05) is 18.5 Å². The summed E-state index contributed by atoms with van der Waals surface area (Å²) in [5.74, 6) is 1.90. The highest BCUT2D eigenvalue weighted by Gasteiger charge is 2.22. The average Bonchev–Trinajstić information content (AvgIpc) is 2.97. The number of ketones is 1. The number of rotatable bonds is 2. The maximum absolute atomic E-state index is 11.4. The van der Waals surface area contributed by atoms with E-state index in [1.165, 1.54) is 31.5 Å². The van der Waals surface area contributed by atoms with E-state index in [9.17, 15) is 4.79 Å². The van der Waals surface area contributed by atoms with Crippen LogP contribution in [-0.2, 0) is 7.05 Å². The molecule has 0 radical (unpaired) electrons. The summed E-state index contributed by atoms with van der Waals surface area (Å²) in [6, 6.07) is 5.80. The summed E-state index contributed by atoms with van der Waals surface area (Å²) in [6.45, 7) is 1.61. The molecular formula is C15H18N2O. The lowest BCUT2D eigenvalue weighted by atomic mass is 10.1. The Labute approximate surface area is 107 Å². The van der Waals surface area contributed by atoms with Gasteiger partial charge in [0.1, 0.15) is 5.82 Å². The van der Waals surface area contributed by atoms with Crippen LogP contribution in [0.4, 0.5) is 0 Å². The van der Waals surface area contributed by atoms with Crippen LogP contribution in [0.25, 0.3) is 11.0 Å². The van der Waals surface area contributed by atoms with E-state index in [0.29, 0.717) is 5.92 Å². The zero-order valence-corrected chi connectivity index (χ0v) is 10.9. The van der Waals surface area contributed by atoms with E-state index in [1.54, 1.807) is 6.92 Å². The Hall–Kier alpha value is -1.64. The topological polar surface area (TPSA) is 34.9 Å². The van der Waals surface area contributed by atoms with Gasteiger partial charge in [-0.2, -0.15) is 0 Å². The summed E-state index contributed by atoms with van der Waals surface area (Å²) in [5.41, 5.74) is 2.84. The number of benzene rings is 1. The molecule has 0 bridgehead atoms. The lowest BCUT2D eigenvalue weighted by Crippen LogP contribution is -2.02. The van der Waals surface area contributed by atoms with E-state index < -0.39 is 0 Å². The SMILES string of the molecule is CC(=O)c1ccc2nc(C3CCCC3)n(C)c2c1. The quantitative estimate of drug-likeness (QED) is 0.756. The molecule has 3 heteroatoms. The second-order valence-corrected chi connectivity index (χ2v) is 5.27. The van der Waals surface area contributed by atoms with Gasteiger partial charge in [-0.1, -0.05) is 12.8 Å². The van der Waals surface area contributed by atoms with Gasteiger partial charge < -0.3 is 4.57 Å². The lowest BCUT2D eigenvalue weighted by Gasteiger charge is -2.08. The Kier molecular flexibility index (Phi) is 2.69. The molecule has 0 amide bonds. The van der Waals surface area contributed by atoms with Gasteiger partial charge in [-0.3, -0.25) is 4.79 Å². The Morgan fingerprint density at radius 3 is 2.72 bits per heavy atom. The Balaban J connectivity index is 2.12. The molecule has 3 nitrogen and oxygen atoms in total. The number of imidazole rings is 1. The minimum absolute atomic E-state index is 0.112. The molecule has 0 saturated heterocycles. The maximum Gasteiger partial charge on any atom is 0.159 e. The maximum atomic E-state index is 11.4. The van der Waals surface area contributed by atoms with Crippen molar-refractivity contribution in [2.45, 2.75) is 38.5 Å². The zero-order valence-electron chi connectivity index (χ0n) is 10.9. The molecule has 18 heavy (non-hydrogen) atoms. The second-order valence-electron chi connectivity index (χ2n) is 5.27. The fourth-order valence-corrected chi connectivity index (χ4v) is 2.98. The van der Waals surface area contributed by atoms with Gasteiger partial charge in [-0.05, 0) is 38.0 Å². The van der Waals surface area contributed by atoms with Crippen molar-refractivity contribution >= 4 is 16.8 Å². The van der Waals surface area contributed by atoms with E-state index in [4.69, 9.17) is 4.98 Å². The third-order valence-corrected chi connectivity index (χ3v) is 4.04. The molecule has 2 aromatic rings. The van der Waals surface area contributed by atoms with Gasteiger partial charge in [0.15, 0.2) is 5.78 Å². The van der Waals surface area contributed by atoms with Crippen molar-refractivity contribution in [3.8, 4) is 0 Å². The summed E-state index contributed by atoms with van der Waals surface area (Å²) in [6.07, 6.45) is 5.12. The molecule has 1 aliphatic carbocycles. The largest absolute Gasteiger partial charge is 0.331 e. The number of nitrogens with zero attached hydrogens (tertiary/aromatic N) is 2. The lowest BCUT2D eigenvalue weighted by molar-refractivity contribution is 0.101. The monoisotopic (exact) mass is 242 g/mol. The predicted octanol–water partition coefficient (Wildman–Crippen LogP) is 3.43. The summed E-state index contributed by atoms with van der Waals surface area (Å²) in [4.78, 5) is 16.2. The molecule has 1 saturated carbocycles. The normalized spacial score (nSPS) is 16.6. The number of Topliss-reactive ketones (excluding diaryl/α,β-unsaturated/α-hetero) is 1. The third kappa shape index (κ3) is 1.74. The number of fused-ring (bicyclic) bond motifs is 1. The van der Waals surface area contributed by atoms with E-state index in [1.807, 2.05) is 18.2 Å². The van der Waals surface area contributed by atoms with Crippen LogP contribution in [0.5, 0.6) is 0 Å². The highest BCUT2D eigenvalue weighted by Crippen LogP contribution is 2.34. The van der Waals surface area contributed by atoms with Crippen LogP contribution < -0.4 is 0 Å². The number of carbonyl (C=O) groups is 1. The molecule has 0 atom stereocenters. The molecule has 0 N–H and O–H groups in total. The Morgan fingerprint density at radius 2 is 2.06 bits per heavy atom. The summed E-state index contributed by atoms with van der Waals surface area (Å²) >= 11 is 0. The molecule has 0 unspecified atom stereocenters. The van der Waals surface area contributed by atoms with Gasteiger partial charge in [0.2, 0.25) is 0 Å². The third-order valence-electron chi connectivity index (χ3n) is 4.04. The number of hydrogen-bond acceptors (Lipinski definition) is 2. The van der Waals surface area contributed by atoms with Crippen LogP contribution in [-0.4, -0.2) is 15.3 Å². The number of aryl methyl sites for hydroxylation is 1. The second kappa shape index (κ2) is 4.23. The zero-order chi connectivity index (χ0) is 12.7. The molecule has 0 spiro atoms. The van der Waals surface area contributed by atoms with Crippen molar-refractivity contribution in [1.29, 1.82) is 0 Å². The fourth-order valence-electron chi connectivity index (χ4n) is 2.98. The molecule has 1 aromatic heterocycles. The van der Waals surface area contributed by atoms with Crippen LogP contribution in [0.15, 0.2) is 18.2 Å². The highest BCUT2D eigenvalue weighted by molar-refractivity contribution is 5.97. The molecule has 1 aromatic carbocycles. The molecule has 0 aliphatic heterocycles. The van der Waals surface area contributed by atoms with Crippen molar-refractivity contribution in [2.75, 3.05) is 0 Å². The van der Waals surface area contributed by atoms with Crippen molar-refractivity contribution in [2.24, 2.45) is 7.05 Å². The first kappa shape index (κ1) is 11.5. The first-order valence-electron chi connectivity index (χ1n) is 6.64. The van der Waals surface area contributed by atoms with E-state index in [-0.39, 0.29) is 5.78 Å². The van der Waals surface area contributed by atoms with Gasteiger partial charge >= 0.3 is 0 Å². The van der Waals surface area contributed by atoms with Crippen LogP contribution in [0.3, 0.4) is 0 Å². The smallest absolute Gasteiger partial charge is 0.159 e. The predicted molar refractivity (Wildman–Crippen MR) is 71.9 cm³/mol. The van der Waals surface area contributed by atoms with Crippen molar-refractivity contribution in [3.05, 3.63) is 29.6 Å². The van der Waals surface area contributed by atoms with Crippen molar-refractivity contribution in [3.63, 3.8) is 0 Å². The first-order valence-corrected chi connectivity index (χ1v) is 6.64. The Bertz CT molecular complexity index is 606. The van der Waals surface area contributed by atoms with E-state index in [0.717, 1.165) is 16.6 Å². The first-order chi connectivity index (χ1) is 8.66. The number of carbonyl (C=O) groups excluding carboxylic acids is 1. The van der Waals surface area contributed by atoms with E-state index >= 15 is 0 Å². The van der Waals surface area contributed by atoms with E-state index in [2.05, 4.69) is 11.6 Å². The summed E-state index contributed by atoms with van der Waals surface area (Å²) in [5, 5.41) is 0. The fraction of sp³-hybridized carbons (Fsp3) is 0.467. The van der Waals surface area contributed by atoms with Crippen LogP contribution >= 0.6 is 0 Å². The molecule has 1 heterocycles. The van der Waals surface area contributed by atoms with Crippen molar-refractivity contribution in [1.82, 2.24) is 9.55 Å². The molecule has 1 fully saturated rings. The molecule has 3 rings (SSSR count). The standard InChI is InChI=1S/C15H18N2O/c1-10(18)12-7-8-13-14(9-12)17(2)15(16-13)11-5-3-4-6-11/h7-9,11H,3-6H2,1-2H3. The van der Waals surface area contributed by atoms with Crippen LogP contribution in [0.2, 0.25) is 0 Å². The van der Waals surface area contributed by atoms with Crippen LogP contribution in [0, 0.1) is 0 Å². The van der Waals surface area contributed by atoms with Gasteiger partial charge in [0.05, 0.1) is 11.0 Å².